The maximum atomic E-state index is 10.6. The van der Waals surface area contributed by atoms with Gasteiger partial charge in [0.15, 0.2) is 0 Å². The van der Waals surface area contributed by atoms with Crippen LogP contribution >= 0.6 is 0 Å². The number of carbonyl (C=O) groups is 1. The average Bonchev–Trinajstić information content (AvgIpc) is 2.61. The number of rotatable bonds is 4. The normalized spacial score (nSPS) is 47.7. The van der Waals surface area contributed by atoms with E-state index in [1.807, 2.05) is 0 Å². The summed E-state index contributed by atoms with van der Waals surface area (Å²) in [5.41, 5.74) is 5.47. The lowest BCUT2D eigenvalue weighted by Crippen LogP contribution is -2.42. The van der Waals surface area contributed by atoms with Crippen molar-refractivity contribution < 1.29 is 9.90 Å². The molecule has 3 aliphatic carbocycles. The molecule has 4 N–H and O–H groups in total. The zero-order valence-corrected chi connectivity index (χ0v) is 8.73. The highest BCUT2D eigenvalue weighted by atomic mass is 16.4. The van der Waals surface area contributed by atoms with E-state index < -0.39 is 12.0 Å². The van der Waals surface area contributed by atoms with Gasteiger partial charge in [-0.05, 0) is 42.9 Å². The van der Waals surface area contributed by atoms with Crippen LogP contribution in [0.4, 0.5) is 0 Å². The van der Waals surface area contributed by atoms with Crippen molar-refractivity contribution in [2.24, 2.45) is 29.4 Å². The summed E-state index contributed by atoms with van der Waals surface area (Å²) in [6, 6.07) is -0.161. The van der Waals surface area contributed by atoms with E-state index in [0.717, 1.165) is 23.7 Å². The highest BCUT2D eigenvalue weighted by Gasteiger charge is 2.64. The number of hydrogen-bond acceptors (Lipinski definition) is 3. The number of carboxylic acids is 1. The molecule has 3 saturated carbocycles. The van der Waals surface area contributed by atoms with Gasteiger partial charge in [0, 0.05) is 12.6 Å². The maximum absolute atomic E-state index is 10.6. The molecule has 0 amide bonds. The predicted octanol–water partition coefficient (Wildman–Crippen LogP) is 0.0324. The second-order valence-electron chi connectivity index (χ2n) is 5.37. The third-order valence-corrected chi connectivity index (χ3v) is 4.63. The third kappa shape index (κ3) is 1.39. The number of nitrogens with two attached hydrogens (primary N) is 1. The van der Waals surface area contributed by atoms with Crippen molar-refractivity contribution >= 4 is 5.97 Å². The number of hydrogen-bond donors (Lipinski definition) is 3. The van der Waals surface area contributed by atoms with E-state index in [4.69, 9.17) is 10.8 Å². The Morgan fingerprint density at radius 2 is 2.00 bits per heavy atom. The fourth-order valence-electron chi connectivity index (χ4n) is 3.95. The standard InChI is InChI=1S/C11H18N2O2/c12-7(11(14)15)4-13-10-8-5-1-2-6(3-5)9(8)10/h5-10,13H,1-4,12H2,(H,14,15). The van der Waals surface area contributed by atoms with Gasteiger partial charge >= 0.3 is 5.97 Å². The van der Waals surface area contributed by atoms with Crippen LogP contribution < -0.4 is 11.1 Å². The lowest BCUT2D eigenvalue weighted by atomic mass is 10.0. The molecule has 0 aliphatic heterocycles. The van der Waals surface area contributed by atoms with Crippen LogP contribution in [-0.4, -0.2) is 29.7 Å². The van der Waals surface area contributed by atoms with Gasteiger partial charge in [0.25, 0.3) is 0 Å². The van der Waals surface area contributed by atoms with Gasteiger partial charge < -0.3 is 16.2 Å². The zero-order chi connectivity index (χ0) is 10.6. The summed E-state index contributed by atoms with van der Waals surface area (Å²) in [5, 5.41) is 12.0. The monoisotopic (exact) mass is 210 g/mol. The molecule has 0 spiro atoms. The van der Waals surface area contributed by atoms with Crippen molar-refractivity contribution in [3.63, 3.8) is 0 Å². The van der Waals surface area contributed by atoms with Crippen LogP contribution in [0.3, 0.4) is 0 Å². The van der Waals surface area contributed by atoms with Crippen LogP contribution in [0.1, 0.15) is 19.3 Å². The Bertz CT molecular complexity index is 278. The van der Waals surface area contributed by atoms with Gasteiger partial charge in [-0.1, -0.05) is 0 Å². The zero-order valence-electron chi connectivity index (χ0n) is 8.73. The number of aliphatic carboxylic acids is 1. The number of nitrogens with one attached hydrogen (secondary N) is 1. The predicted molar refractivity (Wildman–Crippen MR) is 55.2 cm³/mol. The summed E-state index contributed by atoms with van der Waals surface area (Å²) in [7, 11) is 0. The summed E-state index contributed by atoms with van der Waals surface area (Å²) in [6.45, 7) is 0.423. The van der Waals surface area contributed by atoms with Crippen molar-refractivity contribution in [1.82, 2.24) is 5.32 Å². The van der Waals surface area contributed by atoms with Gasteiger partial charge in [0.05, 0.1) is 0 Å². The molecule has 3 aliphatic rings. The Morgan fingerprint density at radius 1 is 1.40 bits per heavy atom. The lowest BCUT2D eigenvalue weighted by molar-refractivity contribution is -0.138. The molecule has 2 bridgehead atoms. The fourth-order valence-corrected chi connectivity index (χ4v) is 3.95. The summed E-state index contributed by atoms with van der Waals surface area (Å²) in [5.74, 6) is 2.66. The Labute approximate surface area is 89.2 Å². The van der Waals surface area contributed by atoms with Crippen LogP contribution in [0.5, 0.6) is 0 Å². The molecule has 4 nitrogen and oxygen atoms in total. The molecule has 4 heteroatoms. The molecule has 0 radical (unpaired) electrons. The molecule has 5 unspecified atom stereocenters. The highest BCUT2D eigenvalue weighted by Crippen LogP contribution is 2.65. The topological polar surface area (TPSA) is 75.3 Å². The average molecular weight is 210 g/mol. The first kappa shape index (κ1) is 9.60. The van der Waals surface area contributed by atoms with Gasteiger partial charge in [-0.2, -0.15) is 0 Å². The Kier molecular flexibility index (Phi) is 2.04. The molecule has 0 aromatic carbocycles. The van der Waals surface area contributed by atoms with Gasteiger partial charge in [0.2, 0.25) is 0 Å². The molecule has 84 valence electrons. The number of fused-ring (bicyclic) bond motifs is 5. The summed E-state index contributed by atoms with van der Waals surface area (Å²) < 4.78 is 0. The van der Waals surface area contributed by atoms with Crippen LogP contribution in [0.25, 0.3) is 0 Å². The van der Waals surface area contributed by atoms with Crippen LogP contribution in [0, 0.1) is 23.7 Å². The first-order valence-electron chi connectivity index (χ1n) is 5.90. The largest absolute Gasteiger partial charge is 0.480 e. The van der Waals surface area contributed by atoms with E-state index in [0.29, 0.717) is 12.6 Å². The van der Waals surface area contributed by atoms with E-state index in [1.165, 1.54) is 19.3 Å². The molecule has 0 aromatic heterocycles. The van der Waals surface area contributed by atoms with Crippen molar-refractivity contribution in [2.45, 2.75) is 31.3 Å². The van der Waals surface area contributed by atoms with Crippen LogP contribution in [0.15, 0.2) is 0 Å². The van der Waals surface area contributed by atoms with E-state index in [2.05, 4.69) is 5.32 Å². The number of carboxylic acid groups (broad SMARTS) is 1. The first-order chi connectivity index (χ1) is 7.18. The Hall–Kier alpha value is -0.610. The maximum Gasteiger partial charge on any atom is 0.321 e. The summed E-state index contributed by atoms with van der Waals surface area (Å²) >= 11 is 0. The van der Waals surface area contributed by atoms with Crippen molar-refractivity contribution in [2.75, 3.05) is 6.54 Å². The minimum absolute atomic E-state index is 0.423. The molecule has 0 heterocycles. The van der Waals surface area contributed by atoms with E-state index in [9.17, 15) is 4.79 Å². The minimum Gasteiger partial charge on any atom is -0.480 e. The van der Waals surface area contributed by atoms with E-state index in [-0.39, 0.29) is 0 Å². The van der Waals surface area contributed by atoms with E-state index >= 15 is 0 Å². The quantitative estimate of drug-likeness (QED) is 0.612. The second-order valence-corrected chi connectivity index (χ2v) is 5.37. The minimum atomic E-state index is -0.906. The van der Waals surface area contributed by atoms with Crippen molar-refractivity contribution in [1.29, 1.82) is 0 Å². The third-order valence-electron chi connectivity index (χ3n) is 4.63. The molecular weight excluding hydrogens is 192 g/mol. The van der Waals surface area contributed by atoms with Crippen LogP contribution in [-0.2, 0) is 4.79 Å². The highest BCUT2D eigenvalue weighted by molar-refractivity contribution is 5.73. The van der Waals surface area contributed by atoms with Gasteiger partial charge in [-0.3, -0.25) is 4.79 Å². The fraction of sp³-hybridized carbons (Fsp3) is 0.909. The molecule has 0 aromatic rings. The van der Waals surface area contributed by atoms with Crippen molar-refractivity contribution in [3.05, 3.63) is 0 Å². The molecular formula is C11H18N2O2. The molecule has 3 rings (SSSR count). The smallest absolute Gasteiger partial charge is 0.321 e. The molecule has 3 fully saturated rings. The lowest BCUT2D eigenvalue weighted by Gasteiger charge is -2.12. The Morgan fingerprint density at radius 3 is 2.53 bits per heavy atom. The van der Waals surface area contributed by atoms with Gasteiger partial charge in [-0.25, -0.2) is 0 Å². The molecule has 0 saturated heterocycles. The van der Waals surface area contributed by atoms with E-state index in [1.54, 1.807) is 0 Å². The van der Waals surface area contributed by atoms with Gasteiger partial charge in [-0.15, -0.1) is 0 Å². The summed E-state index contributed by atoms with van der Waals surface area (Å²) in [6.07, 6.45) is 4.22. The molecule has 5 atom stereocenters. The Balaban J connectivity index is 1.50. The molecule has 15 heavy (non-hydrogen) atoms. The van der Waals surface area contributed by atoms with Crippen LogP contribution in [0.2, 0.25) is 0 Å². The van der Waals surface area contributed by atoms with Crippen molar-refractivity contribution in [3.8, 4) is 0 Å². The second kappa shape index (κ2) is 3.19. The SMILES string of the molecule is NC(CNC1C2C3CCC(C3)C12)C(=O)O. The summed E-state index contributed by atoms with van der Waals surface area (Å²) in [4.78, 5) is 10.6. The first-order valence-corrected chi connectivity index (χ1v) is 5.90. The van der Waals surface area contributed by atoms with Gasteiger partial charge in [0.1, 0.15) is 6.04 Å².